The van der Waals surface area contributed by atoms with E-state index in [2.05, 4.69) is 5.10 Å². The number of carboxylic acid groups (broad SMARTS) is 1. The second-order valence-electron chi connectivity index (χ2n) is 4.87. The fraction of sp³-hybridized carbons (Fsp3) is 0.267. The number of hydrogen-bond acceptors (Lipinski definition) is 4. The van der Waals surface area contributed by atoms with Crippen molar-refractivity contribution in [1.82, 2.24) is 9.78 Å². The molecule has 0 aliphatic carbocycles. The minimum Gasteiger partial charge on any atom is -0.491 e. The van der Waals surface area contributed by atoms with Crippen LogP contribution in [0, 0.1) is 0 Å². The molecule has 2 aromatic rings. The molecule has 110 valence electrons. The lowest BCUT2D eigenvalue weighted by Gasteiger charge is -2.10. The van der Waals surface area contributed by atoms with Crippen molar-refractivity contribution in [2.24, 2.45) is 7.05 Å². The molecule has 0 saturated heterocycles. The molecule has 1 aromatic heterocycles. The Hall–Kier alpha value is -2.63. The number of carbonyl (C=O) groups is 1. The molecule has 0 fully saturated rings. The van der Waals surface area contributed by atoms with E-state index in [0.29, 0.717) is 11.3 Å². The maximum Gasteiger partial charge on any atom is 0.341 e. The average molecular weight is 288 g/mol. The van der Waals surface area contributed by atoms with Gasteiger partial charge in [-0.3, -0.25) is 4.79 Å². The number of rotatable bonds is 4. The number of aryl methyl sites for hydroxylation is 1. The number of aromatic nitrogens is 2. The van der Waals surface area contributed by atoms with E-state index in [1.54, 1.807) is 24.3 Å². The summed E-state index contributed by atoms with van der Waals surface area (Å²) < 4.78 is 6.57. The van der Waals surface area contributed by atoms with E-state index in [0.717, 1.165) is 10.4 Å². The molecule has 0 aliphatic rings. The van der Waals surface area contributed by atoms with Crippen LogP contribution in [0.2, 0.25) is 0 Å². The van der Waals surface area contributed by atoms with Gasteiger partial charge in [-0.05, 0) is 44.2 Å². The maximum atomic E-state index is 11.7. The summed E-state index contributed by atoms with van der Waals surface area (Å²) in [4.78, 5) is 22.7. The Labute approximate surface area is 121 Å². The van der Waals surface area contributed by atoms with Gasteiger partial charge in [0.05, 0.1) is 11.8 Å². The Bertz CT molecular complexity index is 717. The van der Waals surface area contributed by atoms with Gasteiger partial charge < -0.3 is 9.84 Å². The van der Waals surface area contributed by atoms with Gasteiger partial charge >= 0.3 is 5.97 Å². The Kier molecular flexibility index (Phi) is 4.07. The number of benzene rings is 1. The van der Waals surface area contributed by atoms with E-state index in [1.807, 2.05) is 13.8 Å². The topological polar surface area (TPSA) is 81.4 Å². The lowest BCUT2D eigenvalue weighted by molar-refractivity contribution is 0.0694. The largest absolute Gasteiger partial charge is 0.491 e. The molecule has 0 spiro atoms. The van der Waals surface area contributed by atoms with E-state index < -0.39 is 11.5 Å². The molecule has 1 aromatic carbocycles. The second-order valence-corrected chi connectivity index (χ2v) is 4.87. The van der Waals surface area contributed by atoms with Crippen LogP contribution in [-0.2, 0) is 7.05 Å². The summed E-state index contributed by atoms with van der Waals surface area (Å²) in [5.74, 6) is -0.545. The van der Waals surface area contributed by atoms with Crippen molar-refractivity contribution < 1.29 is 14.6 Å². The minimum atomic E-state index is -1.26. The second kappa shape index (κ2) is 5.78. The molecule has 2 rings (SSSR count). The van der Waals surface area contributed by atoms with Crippen LogP contribution in [0.3, 0.4) is 0 Å². The number of aromatic carboxylic acids is 1. The zero-order chi connectivity index (χ0) is 15.6. The highest BCUT2D eigenvalue weighted by Gasteiger charge is 2.13. The Morgan fingerprint density at radius 3 is 2.43 bits per heavy atom. The van der Waals surface area contributed by atoms with Crippen LogP contribution in [-0.4, -0.2) is 27.0 Å². The molecule has 6 heteroatoms. The molecule has 0 saturated carbocycles. The molecule has 0 atom stereocenters. The molecule has 6 nitrogen and oxygen atoms in total. The van der Waals surface area contributed by atoms with Crippen molar-refractivity contribution in [3.05, 3.63) is 46.2 Å². The van der Waals surface area contributed by atoms with E-state index in [4.69, 9.17) is 9.84 Å². The monoisotopic (exact) mass is 288 g/mol. The first-order chi connectivity index (χ1) is 9.88. The summed E-state index contributed by atoms with van der Waals surface area (Å²) >= 11 is 0. The average Bonchev–Trinajstić information content (AvgIpc) is 2.41. The van der Waals surface area contributed by atoms with Crippen LogP contribution in [0.4, 0.5) is 0 Å². The molecule has 0 bridgehead atoms. The highest BCUT2D eigenvalue weighted by atomic mass is 16.5. The summed E-state index contributed by atoms with van der Waals surface area (Å²) in [5.41, 5.74) is 0.200. The highest BCUT2D eigenvalue weighted by Crippen LogP contribution is 2.21. The van der Waals surface area contributed by atoms with Gasteiger partial charge in [0.25, 0.3) is 5.56 Å². The van der Waals surface area contributed by atoms with E-state index in [-0.39, 0.29) is 11.7 Å². The van der Waals surface area contributed by atoms with Gasteiger partial charge in [-0.2, -0.15) is 5.10 Å². The van der Waals surface area contributed by atoms with Crippen LogP contribution < -0.4 is 10.3 Å². The van der Waals surface area contributed by atoms with Gasteiger partial charge in [0.15, 0.2) is 0 Å². The fourth-order valence-electron chi connectivity index (χ4n) is 1.88. The van der Waals surface area contributed by atoms with Crippen molar-refractivity contribution in [3.8, 4) is 17.0 Å². The van der Waals surface area contributed by atoms with Crippen molar-refractivity contribution in [3.63, 3.8) is 0 Å². The molecule has 1 N–H and O–H groups in total. The first-order valence-electron chi connectivity index (χ1n) is 6.47. The molecule has 0 radical (unpaired) electrons. The van der Waals surface area contributed by atoms with Gasteiger partial charge in [-0.1, -0.05) is 0 Å². The Balaban J connectivity index is 2.42. The van der Waals surface area contributed by atoms with Gasteiger partial charge in [0.2, 0.25) is 0 Å². The van der Waals surface area contributed by atoms with Crippen molar-refractivity contribution in [2.75, 3.05) is 0 Å². The number of hydrogen-bond donors (Lipinski definition) is 1. The third-order valence-corrected chi connectivity index (χ3v) is 2.82. The van der Waals surface area contributed by atoms with E-state index >= 15 is 0 Å². The zero-order valence-corrected chi connectivity index (χ0v) is 12.0. The summed E-state index contributed by atoms with van der Waals surface area (Å²) in [5, 5.41) is 13.1. The summed E-state index contributed by atoms with van der Waals surface area (Å²) in [6, 6.07) is 8.39. The van der Waals surface area contributed by atoms with Crippen LogP contribution in [0.1, 0.15) is 24.2 Å². The van der Waals surface area contributed by atoms with Crippen molar-refractivity contribution in [1.29, 1.82) is 0 Å². The normalized spacial score (nSPS) is 10.7. The molecule has 1 heterocycles. The standard InChI is InChI=1S/C15H16N2O4/c1-9(2)21-11-6-4-10(5-7-11)13-8-12(15(19)20)14(18)17(3)16-13/h4-9H,1-3H3,(H,19,20). The number of ether oxygens (including phenoxy) is 1. The predicted octanol–water partition coefficient (Wildman–Crippen LogP) is 1.93. The molecule has 21 heavy (non-hydrogen) atoms. The molecule has 0 unspecified atom stereocenters. The smallest absolute Gasteiger partial charge is 0.341 e. The van der Waals surface area contributed by atoms with Gasteiger partial charge in [0.1, 0.15) is 11.3 Å². The van der Waals surface area contributed by atoms with E-state index in [1.165, 1.54) is 13.1 Å². The third kappa shape index (κ3) is 3.28. The lowest BCUT2D eigenvalue weighted by atomic mass is 10.1. The summed E-state index contributed by atoms with van der Waals surface area (Å²) in [6.45, 7) is 3.86. The quantitative estimate of drug-likeness (QED) is 0.929. The zero-order valence-electron chi connectivity index (χ0n) is 12.0. The first-order valence-corrected chi connectivity index (χ1v) is 6.47. The Morgan fingerprint density at radius 2 is 1.90 bits per heavy atom. The maximum absolute atomic E-state index is 11.7. The van der Waals surface area contributed by atoms with Gasteiger partial charge in [-0.15, -0.1) is 0 Å². The van der Waals surface area contributed by atoms with Crippen LogP contribution in [0.15, 0.2) is 35.1 Å². The summed E-state index contributed by atoms with van der Waals surface area (Å²) in [6.07, 6.45) is 0.0742. The van der Waals surface area contributed by atoms with Crippen LogP contribution in [0.25, 0.3) is 11.3 Å². The fourth-order valence-corrected chi connectivity index (χ4v) is 1.88. The van der Waals surface area contributed by atoms with E-state index in [9.17, 15) is 9.59 Å². The van der Waals surface area contributed by atoms with Gasteiger partial charge in [-0.25, -0.2) is 9.48 Å². The first kappa shape index (κ1) is 14.8. The molecule has 0 amide bonds. The van der Waals surface area contributed by atoms with Crippen LogP contribution >= 0.6 is 0 Å². The minimum absolute atomic E-state index is 0.0742. The highest BCUT2D eigenvalue weighted by molar-refractivity contribution is 5.88. The third-order valence-electron chi connectivity index (χ3n) is 2.82. The molecular weight excluding hydrogens is 272 g/mol. The van der Waals surface area contributed by atoms with Crippen LogP contribution in [0.5, 0.6) is 5.75 Å². The van der Waals surface area contributed by atoms with Gasteiger partial charge in [0, 0.05) is 12.6 Å². The summed E-state index contributed by atoms with van der Waals surface area (Å²) in [7, 11) is 1.43. The Morgan fingerprint density at radius 1 is 1.29 bits per heavy atom. The number of carboxylic acids is 1. The van der Waals surface area contributed by atoms with Crippen molar-refractivity contribution in [2.45, 2.75) is 20.0 Å². The molecular formula is C15H16N2O4. The predicted molar refractivity (Wildman–Crippen MR) is 77.6 cm³/mol. The lowest BCUT2D eigenvalue weighted by Crippen LogP contribution is -2.26. The SMILES string of the molecule is CC(C)Oc1ccc(-c2cc(C(=O)O)c(=O)n(C)n2)cc1. The van der Waals surface area contributed by atoms with Crippen molar-refractivity contribution >= 4 is 5.97 Å². The number of nitrogens with zero attached hydrogens (tertiary/aromatic N) is 2. The molecule has 0 aliphatic heterocycles.